The van der Waals surface area contributed by atoms with Crippen molar-refractivity contribution in [3.63, 3.8) is 0 Å². The first-order chi connectivity index (χ1) is 13.1. The molecule has 0 aliphatic heterocycles. The molecule has 0 saturated heterocycles. The molecule has 0 spiro atoms. The maximum absolute atomic E-state index is 11.9. The number of benzene rings is 1. The van der Waals surface area contributed by atoms with E-state index in [1.54, 1.807) is 48.7 Å². The quantitative estimate of drug-likeness (QED) is 0.413. The second-order valence-corrected chi connectivity index (χ2v) is 5.74. The molecule has 3 rings (SSSR count). The Morgan fingerprint density at radius 1 is 1.22 bits per heavy atom. The largest absolute Gasteiger partial charge is 0.465 e. The van der Waals surface area contributed by atoms with Crippen LogP contribution in [0.3, 0.4) is 0 Å². The van der Waals surface area contributed by atoms with E-state index in [1.807, 2.05) is 0 Å². The van der Waals surface area contributed by atoms with Crippen LogP contribution in [0.4, 0.5) is 0 Å². The van der Waals surface area contributed by atoms with Gasteiger partial charge in [-0.1, -0.05) is 11.6 Å². The topological polar surface area (TPSA) is 93.8 Å². The van der Waals surface area contributed by atoms with Gasteiger partial charge in [-0.15, -0.1) is 0 Å². The number of nitrogens with one attached hydrogen (secondary N) is 1. The molecule has 2 aromatic heterocycles. The van der Waals surface area contributed by atoms with Gasteiger partial charge in [0.05, 0.1) is 29.5 Å². The Morgan fingerprint density at radius 2 is 2.07 bits per heavy atom. The SMILES string of the molecule is COC(=O)c1ccc(Cl)c(-c2ccc(/C=N\NC(=O)c3cccnc3)o2)c1. The van der Waals surface area contributed by atoms with Gasteiger partial charge in [0, 0.05) is 18.0 Å². The molecular formula is C19H14ClN3O4. The minimum Gasteiger partial charge on any atom is -0.465 e. The zero-order valence-corrected chi connectivity index (χ0v) is 14.9. The fourth-order valence-electron chi connectivity index (χ4n) is 2.24. The Hall–Kier alpha value is -3.45. The number of halogens is 1. The van der Waals surface area contributed by atoms with Crippen LogP contribution in [-0.2, 0) is 4.74 Å². The molecule has 7 nitrogen and oxygen atoms in total. The van der Waals surface area contributed by atoms with Crippen molar-refractivity contribution in [3.05, 3.63) is 76.8 Å². The number of rotatable bonds is 5. The molecule has 1 N–H and O–H groups in total. The predicted molar refractivity (Wildman–Crippen MR) is 99.8 cm³/mol. The highest BCUT2D eigenvalue weighted by molar-refractivity contribution is 6.33. The number of hydrogen-bond acceptors (Lipinski definition) is 6. The van der Waals surface area contributed by atoms with Gasteiger partial charge in [-0.05, 0) is 42.5 Å². The summed E-state index contributed by atoms with van der Waals surface area (Å²) in [4.78, 5) is 27.4. The minimum atomic E-state index is -0.473. The van der Waals surface area contributed by atoms with E-state index in [2.05, 4.69) is 15.5 Å². The zero-order chi connectivity index (χ0) is 19.2. The van der Waals surface area contributed by atoms with E-state index < -0.39 is 5.97 Å². The first-order valence-electron chi connectivity index (χ1n) is 7.80. The van der Waals surface area contributed by atoms with Crippen molar-refractivity contribution in [1.82, 2.24) is 10.4 Å². The summed E-state index contributed by atoms with van der Waals surface area (Å²) < 4.78 is 10.4. The van der Waals surface area contributed by atoms with Crippen LogP contribution < -0.4 is 5.43 Å². The van der Waals surface area contributed by atoms with Crippen molar-refractivity contribution in [2.45, 2.75) is 0 Å². The van der Waals surface area contributed by atoms with Crippen LogP contribution in [0.25, 0.3) is 11.3 Å². The van der Waals surface area contributed by atoms with E-state index in [-0.39, 0.29) is 5.91 Å². The highest BCUT2D eigenvalue weighted by atomic mass is 35.5. The van der Waals surface area contributed by atoms with E-state index >= 15 is 0 Å². The molecule has 1 amide bonds. The van der Waals surface area contributed by atoms with Gasteiger partial charge in [-0.2, -0.15) is 5.10 Å². The lowest BCUT2D eigenvalue weighted by Gasteiger charge is -2.04. The number of esters is 1. The number of amides is 1. The number of aromatic nitrogens is 1. The molecular weight excluding hydrogens is 370 g/mol. The van der Waals surface area contributed by atoms with E-state index in [4.69, 9.17) is 20.8 Å². The Balaban J connectivity index is 1.73. The minimum absolute atomic E-state index is 0.354. The number of ether oxygens (including phenoxy) is 1. The van der Waals surface area contributed by atoms with Crippen molar-refractivity contribution < 1.29 is 18.7 Å². The monoisotopic (exact) mass is 383 g/mol. The Labute approximate surface area is 159 Å². The van der Waals surface area contributed by atoms with Crippen LogP contribution in [0, 0.1) is 0 Å². The third-order valence-electron chi connectivity index (χ3n) is 3.56. The predicted octanol–water partition coefficient (Wildman–Crippen LogP) is 3.55. The lowest BCUT2D eigenvalue weighted by Crippen LogP contribution is -2.17. The zero-order valence-electron chi connectivity index (χ0n) is 14.2. The molecule has 0 aliphatic carbocycles. The maximum atomic E-state index is 11.9. The number of hydrazone groups is 1. The lowest BCUT2D eigenvalue weighted by molar-refractivity contribution is 0.0600. The summed E-state index contributed by atoms with van der Waals surface area (Å²) in [5.41, 5.74) is 3.67. The molecule has 0 atom stereocenters. The third-order valence-corrected chi connectivity index (χ3v) is 3.89. The second-order valence-electron chi connectivity index (χ2n) is 5.33. The number of nitrogens with zero attached hydrogens (tertiary/aromatic N) is 2. The molecule has 3 aromatic rings. The Morgan fingerprint density at radius 3 is 2.81 bits per heavy atom. The van der Waals surface area contributed by atoms with Gasteiger partial charge in [0.2, 0.25) is 0 Å². The fraction of sp³-hybridized carbons (Fsp3) is 0.0526. The Kier molecular flexibility index (Phi) is 5.63. The molecule has 8 heteroatoms. The van der Waals surface area contributed by atoms with Gasteiger partial charge in [-0.3, -0.25) is 9.78 Å². The van der Waals surface area contributed by atoms with E-state index in [1.165, 1.54) is 19.5 Å². The van der Waals surface area contributed by atoms with Crippen molar-refractivity contribution >= 4 is 29.7 Å². The molecule has 0 aliphatic rings. The molecule has 27 heavy (non-hydrogen) atoms. The van der Waals surface area contributed by atoms with Crippen LogP contribution in [0.1, 0.15) is 26.5 Å². The van der Waals surface area contributed by atoms with E-state index in [0.717, 1.165) is 0 Å². The maximum Gasteiger partial charge on any atom is 0.337 e. The average Bonchev–Trinajstić information content (AvgIpc) is 3.17. The molecule has 136 valence electrons. The molecule has 1 aromatic carbocycles. The number of furan rings is 1. The van der Waals surface area contributed by atoms with Gasteiger partial charge < -0.3 is 9.15 Å². The van der Waals surface area contributed by atoms with Crippen molar-refractivity contribution in [2.24, 2.45) is 5.10 Å². The van der Waals surface area contributed by atoms with Crippen molar-refractivity contribution in [2.75, 3.05) is 7.11 Å². The first kappa shape index (κ1) is 18.3. The summed E-state index contributed by atoms with van der Waals surface area (Å²) in [5.74, 6) is -0.0128. The van der Waals surface area contributed by atoms with Gasteiger partial charge in [0.1, 0.15) is 11.5 Å². The van der Waals surface area contributed by atoms with Crippen LogP contribution in [0.2, 0.25) is 5.02 Å². The van der Waals surface area contributed by atoms with E-state index in [0.29, 0.717) is 33.2 Å². The molecule has 2 heterocycles. The summed E-state index contributed by atoms with van der Waals surface area (Å²) in [6.45, 7) is 0. The first-order valence-corrected chi connectivity index (χ1v) is 8.18. The number of carbonyl (C=O) groups is 2. The molecule has 0 fully saturated rings. The van der Waals surface area contributed by atoms with Gasteiger partial charge in [0.25, 0.3) is 5.91 Å². The van der Waals surface area contributed by atoms with Gasteiger partial charge in [0.15, 0.2) is 0 Å². The number of pyridine rings is 1. The second kappa shape index (κ2) is 8.29. The standard InChI is InChI=1S/C19H14ClN3O4/c1-26-19(25)12-4-6-16(20)15(9-12)17-7-5-14(27-17)11-22-23-18(24)13-3-2-8-21-10-13/h2-11H,1H3,(H,23,24)/b22-11-. The molecule has 0 bridgehead atoms. The average molecular weight is 384 g/mol. The summed E-state index contributed by atoms with van der Waals surface area (Å²) in [7, 11) is 1.30. The fourth-order valence-corrected chi connectivity index (χ4v) is 2.45. The summed E-state index contributed by atoms with van der Waals surface area (Å²) >= 11 is 6.19. The van der Waals surface area contributed by atoms with Crippen molar-refractivity contribution in [3.8, 4) is 11.3 Å². The summed E-state index contributed by atoms with van der Waals surface area (Å²) in [6, 6.07) is 11.4. The third kappa shape index (κ3) is 4.39. The number of carbonyl (C=O) groups excluding carboxylic acids is 2. The molecule has 0 saturated carbocycles. The Bertz CT molecular complexity index is 999. The highest BCUT2D eigenvalue weighted by Crippen LogP contribution is 2.30. The van der Waals surface area contributed by atoms with Crippen molar-refractivity contribution in [1.29, 1.82) is 0 Å². The normalized spacial score (nSPS) is 10.7. The van der Waals surface area contributed by atoms with Crippen LogP contribution >= 0.6 is 11.6 Å². The summed E-state index contributed by atoms with van der Waals surface area (Å²) in [5, 5.41) is 4.27. The molecule has 0 radical (unpaired) electrons. The van der Waals surface area contributed by atoms with Crippen LogP contribution in [-0.4, -0.2) is 30.2 Å². The highest BCUT2D eigenvalue weighted by Gasteiger charge is 2.13. The van der Waals surface area contributed by atoms with Crippen LogP contribution in [0.5, 0.6) is 0 Å². The van der Waals surface area contributed by atoms with Gasteiger partial charge in [-0.25, -0.2) is 10.2 Å². The smallest absolute Gasteiger partial charge is 0.337 e. The summed E-state index contributed by atoms with van der Waals surface area (Å²) in [6.07, 6.45) is 4.37. The number of hydrogen-bond donors (Lipinski definition) is 1. The van der Waals surface area contributed by atoms with Gasteiger partial charge >= 0.3 is 5.97 Å². The molecule has 0 unspecified atom stereocenters. The van der Waals surface area contributed by atoms with E-state index in [9.17, 15) is 9.59 Å². The lowest BCUT2D eigenvalue weighted by atomic mass is 10.1. The number of methoxy groups -OCH3 is 1. The van der Waals surface area contributed by atoms with Crippen LogP contribution in [0.15, 0.2) is 64.4 Å².